The Labute approximate surface area is 287 Å². The van der Waals surface area contributed by atoms with Crippen LogP contribution in [0.3, 0.4) is 0 Å². The maximum Gasteiger partial charge on any atom is 0.180 e. The van der Waals surface area contributed by atoms with E-state index in [-0.39, 0.29) is 0 Å². The van der Waals surface area contributed by atoms with Gasteiger partial charge in [-0.15, -0.1) is 0 Å². The second kappa shape index (κ2) is 11.4. The molecule has 6 nitrogen and oxygen atoms in total. The van der Waals surface area contributed by atoms with Gasteiger partial charge in [0.25, 0.3) is 0 Å². The van der Waals surface area contributed by atoms with Crippen LogP contribution in [0.15, 0.2) is 170 Å². The van der Waals surface area contributed by atoms with Crippen LogP contribution in [0.25, 0.3) is 89.2 Å². The number of hydrogen-bond donors (Lipinski definition) is 0. The Hall–Kier alpha value is -6.92. The Balaban J connectivity index is 1.16. The first-order valence-electron chi connectivity index (χ1n) is 16.6. The van der Waals surface area contributed by atoms with Gasteiger partial charge in [-0.05, 0) is 42.5 Å². The third-order valence-electron chi connectivity index (χ3n) is 9.44. The quantitative estimate of drug-likeness (QED) is 0.188. The number of benzene rings is 6. The van der Waals surface area contributed by atoms with Crippen molar-refractivity contribution in [3.63, 3.8) is 0 Å². The second-order valence-corrected chi connectivity index (χ2v) is 12.4. The molecule has 234 valence electrons. The van der Waals surface area contributed by atoms with E-state index in [0.29, 0.717) is 11.5 Å². The Morgan fingerprint density at radius 1 is 0.360 bits per heavy atom. The molecule has 0 aliphatic rings. The van der Waals surface area contributed by atoms with Crippen LogP contribution in [-0.4, -0.2) is 29.1 Å². The van der Waals surface area contributed by atoms with E-state index >= 15 is 0 Å². The summed E-state index contributed by atoms with van der Waals surface area (Å²) >= 11 is 0. The minimum absolute atomic E-state index is 0.530. The molecule has 0 atom stereocenters. The average molecular weight is 641 g/mol. The van der Waals surface area contributed by atoms with E-state index in [9.17, 15) is 0 Å². The van der Waals surface area contributed by atoms with Crippen molar-refractivity contribution in [1.29, 1.82) is 0 Å². The van der Waals surface area contributed by atoms with Crippen molar-refractivity contribution in [3.05, 3.63) is 170 Å². The molecule has 0 aliphatic heterocycles. The van der Waals surface area contributed by atoms with Crippen molar-refractivity contribution >= 4 is 43.6 Å². The number of nitrogens with zero attached hydrogens (tertiary/aromatic N) is 6. The number of rotatable bonds is 5. The molecular weight excluding hydrogens is 613 g/mol. The molecule has 10 rings (SSSR count). The van der Waals surface area contributed by atoms with Crippen molar-refractivity contribution in [3.8, 4) is 45.5 Å². The van der Waals surface area contributed by atoms with E-state index in [4.69, 9.17) is 19.9 Å². The molecule has 6 aromatic carbocycles. The van der Waals surface area contributed by atoms with Gasteiger partial charge in [0.15, 0.2) is 11.6 Å². The molecule has 0 N–H and O–H groups in total. The van der Waals surface area contributed by atoms with E-state index in [1.165, 1.54) is 21.8 Å². The van der Waals surface area contributed by atoms with Gasteiger partial charge in [0.1, 0.15) is 5.69 Å². The predicted octanol–water partition coefficient (Wildman–Crippen LogP) is 10.5. The van der Waals surface area contributed by atoms with Gasteiger partial charge in [0, 0.05) is 38.4 Å². The minimum Gasteiger partial charge on any atom is -0.309 e. The maximum atomic E-state index is 5.01. The third kappa shape index (κ3) is 4.50. The Morgan fingerprint density at radius 3 is 1.42 bits per heavy atom. The zero-order valence-corrected chi connectivity index (χ0v) is 26.8. The summed E-state index contributed by atoms with van der Waals surface area (Å²) in [6, 6.07) is 54.7. The Bertz CT molecular complexity index is 2780. The molecule has 0 saturated carbocycles. The lowest BCUT2D eigenvalue weighted by molar-refractivity contribution is 1.03. The zero-order chi connectivity index (χ0) is 33.0. The van der Waals surface area contributed by atoms with E-state index in [0.717, 1.165) is 55.8 Å². The molecule has 0 spiro atoms. The topological polar surface area (TPSA) is 61.4 Å². The van der Waals surface area contributed by atoms with Crippen LogP contribution < -0.4 is 0 Å². The lowest BCUT2D eigenvalue weighted by Crippen LogP contribution is -2.01. The number of fused-ring (bicyclic) bond motifs is 6. The fourth-order valence-corrected chi connectivity index (χ4v) is 7.16. The summed E-state index contributed by atoms with van der Waals surface area (Å²) in [4.78, 5) is 19.9. The van der Waals surface area contributed by atoms with Gasteiger partial charge in [0.2, 0.25) is 0 Å². The largest absolute Gasteiger partial charge is 0.309 e. The van der Waals surface area contributed by atoms with E-state index in [1.54, 1.807) is 6.20 Å². The van der Waals surface area contributed by atoms with Crippen LogP contribution in [0.4, 0.5) is 0 Å². The van der Waals surface area contributed by atoms with Gasteiger partial charge in [-0.2, -0.15) is 0 Å². The molecule has 4 heterocycles. The molecule has 0 radical (unpaired) electrons. The van der Waals surface area contributed by atoms with E-state index in [1.807, 2.05) is 48.7 Å². The summed E-state index contributed by atoms with van der Waals surface area (Å²) in [6.45, 7) is 0. The van der Waals surface area contributed by atoms with Crippen LogP contribution in [0, 0.1) is 0 Å². The summed E-state index contributed by atoms with van der Waals surface area (Å²) in [5.74, 6) is 1.26. The van der Waals surface area contributed by atoms with Crippen molar-refractivity contribution < 1.29 is 0 Å². The Kier molecular flexibility index (Phi) is 6.39. The zero-order valence-electron chi connectivity index (χ0n) is 26.8. The van der Waals surface area contributed by atoms with Crippen LogP contribution in [0.2, 0.25) is 0 Å². The molecule has 0 aliphatic carbocycles. The van der Waals surface area contributed by atoms with Crippen LogP contribution >= 0.6 is 0 Å². The normalized spacial score (nSPS) is 11.6. The standard InChI is InChI=1S/C44H28N6/c1-4-14-29(15-5-1)36-26-37(30-16-6-2-7-17-30)48-44(47-36)38-27-46-43(28-45-38)50-40-23-13-11-21-33(40)35-24-41-34(25-42(35)50)32-20-10-12-22-39(32)49(41)31-18-8-3-9-19-31/h1-28H. The molecule has 6 heteroatoms. The summed E-state index contributed by atoms with van der Waals surface area (Å²) < 4.78 is 4.57. The number of aromatic nitrogens is 6. The highest BCUT2D eigenvalue weighted by atomic mass is 15.1. The molecular formula is C44H28N6. The lowest BCUT2D eigenvalue weighted by Gasteiger charge is -2.10. The van der Waals surface area contributed by atoms with Crippen molar-refractivity contribution in [1.82, 2.24) is 29.1 Å². The lowest BCUT2D eigenvalue weighted by atomic mass is 10.1. The van der Waals surface area contributed by atoms with Gasteiger partial charge in [-0.1, -0.05) is 115 Å². The van der Waals surface area contributed by atoms with E-state index < -0.39 is 0 Å². The summed E-state index contributed by atoms with van der Waals surface area (Å²) in [5.41, 5.74) is 9.93. The van der Waals surface area contributed by atoms with Crippen LogP contribution in [0.1, 0.15) is 0 Å². The highest BCUT2D eigenvalue weighted by molar-refractivity contribution is 6.18. The number of hydrogen-bond acceptors (Lipinski definition) is 4. The predicted molar refractivity (Wildman–Crippen MR) is 203 cm³/mol. The molecule has 0 bridgehead atoms. The van der Waals surface area contributed by atoms with Crippen LogP contribution in [0.5, 0.6) is 0 Å². The molecule has 0 fully saturated rings. The molecule has 4 aromatic heterocycles. The van der Waals surface area contributed by atoms with E-state index in [2.05, 4.69) is 124 Å². The van der Waals surface area contributed by atoms with Crippen molar-refractivity contribution in [2.75, 3.05) is 0 Å². The third-order valence-corrected chi connectivity index (χ3v) is 9.44. The van der Waals surface area contributed by atoms with Gasteiger partial charge in [-0.3, -0.25) is 4.57 Å². The summed E-state index contributed by atoms with van der Waals surface area (Å²) in [5, 5.41) is 4.71. The smallest absolute Gasteiger partial charge is 0.180 e. The molecule has 0 unspecified atom stereocenters. The fraction of sp³-hybridized carbons (Fsp3) is 0. The fourth-order valence-electron chi connectivity index (χ4n) is 7.16. The number of para-hydroxylation sites is 3. The first-order valence-corrected chi connectivity index (χ1v) is 16.6. The van der Waals surface area contributed by atoms with Gasteiger partial charge >= 0.3 is 0 Å². The monoisotopic (exact) mass is 640 g/mol. The van der Waals surface area contributed by atoms with Crippen molar-refractivity contribution in [2.24, 2.45) is 0 Å². The molecule has 50 heavy (non-hydrogen) atoms. The van der Waals surface area contributed by atoms with Crippen molar-refractivity contribution in [2.45, 2.75) is 0 Å². The first-order chi connectivity index (χ1) is 24.8. The van der Waals surface area contributed by atoms with Crippen LogP contribution in [-0.2, 0) is 0 Å². The SMILES string of the molecule is c1ccc(-c2cc(-c3ccccc3)nc(-c3cnc(-n4c5ccccc5c5cc6c(cc54)c4ccccc4n6-c4ccccc4)cn3)n2)cc1. The average Bonchev–Trinajstić information content (AvgIpc) is 3.70. The molecule has 0 saturated heterocycles. The minimum atomic E-state index is 0.530. The van der Waals surface area contributed by atoms with Gasteiger partial charge in [-0.25, -0.2) is 19.9 Å². The highest BCUT2D eigenvalue weighted by Crippen LogP contribution is 2.39. The summed E-state index contributed by atoms with van der Waals surface area (Å²) in [7, 11) is 0. The highest BCUT2D eigenvalue weighted by Gasteiger charge is 2.19. The summed E-state index contributed by atoms with van der Waals surface area (Å²) in [6.07, 6.45) is 3.62. The van der Waals surface area contributed by atoms with Gasteiger partial charge in [0.05, 0.1) is 45.8 Å². The molecule has 10 aromatic rings. The second-order valence-electron chi connectivity index (χ2n) is 12.4. The van der Waals surface area contributed by atoms with Gasteiger partial charge < -0.3 is 4.57 Å². The Morgan fingerprint density at radius 2 is 0.860 bits per heavy atom. The maximum absolute atomic E-state index is 5.01. The molecule has 0 amide bonds. The first kappa shape index (κ1) is 28.1.